The molecule has 0 spiro atoms. The minimum atomic E-state index is -0.645. The Hall–Kier alpha value is -1.70. The van der Waals surface area contributed by atoms with Crippen LogP contribution in [0.4, 0.5) is 5.82 Å². The van der Waals surface area contributed by atoms with E-state index in [2.05, 4.69) is 16.0 Å². The van der Waals surface area contributed by atoms with Gasteiger partial charge in [0.05, 0.1) is 5.60 Å². The number of pyridine rings is 1. The molecule has 2 aliphatic rings. The maximum absolute atomic E-state index is 12.1. The quantitative estimate of drug-likeness (QED) is 0.826. The van der Waals surface area contributed by atoms with Crippen LogP contribution in [0.15, 0.2) is 18.3 Å². The van der Waals surface area contributed by atoms with Crippen molar-refractivity contribution >= 4 is 11.7 Å². The summed E-state index contributed by atoms with van der Waals surface area (Å²) in [7, 11) is 5.50. The Bertz CT molecular complexity index is 622. The summed E-state index contributed by atoms with van der Waals surface area (Å²) in [5, 5.41) is 11.0. The Morgan fingerprint density at radius 2 is 2.12 bits per heavy atom. The van der Waals surface area contributed by atoms with Crippen molar-refractivity contribution in [2.45, 2.75) is 25.0 Å². The number of hydrogen-bond acceptors (Lipinski definition) is 6. The van der Waals surface area contributed by atoms with Crippen molar-refractivity contribution in [3.8, 4) is 0 Å². The molecule has 0 aliphatic carbocycles. The highest BCUT2D eigenvalue weighted by Crippen LogP contribution is 2.36. The third kappa shape index (κ3) is 4.16. The molecule has 7 nitrogen and oxygen atoms in total. The Labute approximate surface area is 155 Å². The highest BCUT2D eigenvalue weighted by Gasteiger charge is 2.45. The van der Waals surface area contributed by atoms with Gasteiger partial charge in [0.15, 0.2) is 0 Å². The lowest BCUT2D eigenvalue weighted by Crippen LogP contribution is -2.60. The van der Waals surface area contributed by atoms with Crippen LogP contribution in [0.25, 0.3) is 0 Å². The van der Waals surface area contributed by atoms with E-state index in [1.807, 2.05) is 36.2 Å². The molecule has 2 atom stereocenters. The number of amides is 1. The molecule has 0 saturated carbocycles. The van der Waals surface area contributed by atoms with Crippen molar-refractivity contribution < 1.29 is 14.6 Å². The van der Waals surface area contributed by atoms with Crippen LogP contribution in [0.1, 0.15) is 18.4 Å². The molecule has 26 heavy (non-hydrogen) atoms. The number of aromatic nitrogens is 1. The summed E-state index contributed by atoms with van der Waals surface area (Å²) in [4.78, 5) is 22.8. The van der Waals surface area contributed by atoms with E-state index in [0.29, 0.717) is 19.5 Å². The van der Waals surface area contributed by atoms with Gasteiger partial charge in [-0.05, 0) is 24.5 Å². The van der Waals surface area contributed by atoms with Gasteiger partial charge < -0.3 is 19.6 Å². The lowest BCUT2D eigenvalue weighted by atomic mass is 9.75. The van der Waals surface area contributed by atoms with Crippen LogP contribution < -0.4 is 4.90 Å². The molecule has 1 N–H and O–H groups in total. The number of nitrogens with zero attached hydrogens (tertiary/aromatic N) is 4. The molecular weight excluding hydrogens is 332 g/mol. The van der Waals surface area contributed by atoms with Crippen molar-refractivity contribution in [3.63, 3.8) is 0 Å². The Morgan fingerprint density at radius 1 is 1.35 bits per heavy atom. The van der Waals surface area contributed by atoms with E-state index in [0.717, 1.165) is 31.9 Å². The average Bonchev–Trinajstić information content (AvgIpc) is 2.62. The summed E-state index contributed by atoms with van der Waals surface area (Å²) in [5.74, 6) is 1.04. The number of carbonyl (C=O) groups is 1. The summed E-state index contributed by atoms with van der Waals surface area (Å²) in [5.41, 5.74) is 0.525. The molecule has 1 aromatic heterocycles. The van der Waals surface area contributed by atoms with E-state index >= 15 is 0 Å². The van der Waals surface area contributed by atoms with E-state index in [-0.39, 0.29) is 18.4 Å². The zero-order valence-electron chi connectivity index (χ0n) is 16.0. The molecule has 0 bridgehead atoms. The Morgan fingerprint density at radius 3 is 2.77 bits per heavy atom. The van der Waals surface area contributed by atoms with Crippen LogP contribution in [0.3, 0.4) is 0 Å². The van der Waals surface area contributed by atoms with Crippen LogP contribution in [0, 0.1) is 5.92 Å². The zero-order valence-corrected chi connectivity index (χ0v) is 16.0. The van der Waals surface area contributed by atoms with E-state index < -0.39 is 5.60 Å². The third-order valence-corrected chi connectivity index (χ3v) is 5.65. The second-order valence-electron chi connectivity index (χ2n) is 7.73. The summed E-state index contributed by atoms with van der Waals surface area (Å²) in [6.07, 6.45) is 3.33. The van der Waals surface area contributed by atoms with Crippen molar-refractivity contribution in [3.05, 3.63) is 23.9 Å². The summed E-state index contributed by atoms with van der Waals surface area (Å²) < 4.78 is 4.97. The predicted molar refractivity (Wildman–Crippen MR) is 100.0 cm³/mol. The van der Waals surface area contributed by atoms with Gasteiger partial charge in [-0.3, -0.25) is 9.69 Å². The maximum atomic E-state index is 12.1. The smallest absolute Gasteiger partial charge is 0.248 e. The van der Waals surface area contributed by atoms with Crippen LogP contribution >= 0.6 is 0 Å². The van der Waals surface area contributed by atoms with Crippen molar-refractivity contribution in [2.24, 2.45) is 5.92 Å². The summed E-state index contributed by atoms with van der Waals surface area (Å²) >= 11 is 0. The van der Waals surface area contributed by atoms with Gasteiger partial charge in [0, 0.05) is 66.0 Å². The number of anilines is 1. The van der Waals surface area contributed by atoms with Crippen LogP contribution in [-0.2, 0) is 16.1 Å². The lowest BCUT2D eigenvalue weighted by Gasteiger charge is -2.50. The molecule has 144 valence electrons. The van der Waals surface area contributed by atoms with Gasteiger partial charge in [-0.2, -0.15) is 0 Å². The summed E-state index contributed by atoms with van der Waals surface area (Å²) in [6.45, 7) is 3.81. The molecule has 2 aliphatic heterocycles. The minimum Gasteiger partial charge on any atom is -0.389 e. The van der Waals surface area contributed by atoms with Crippen molar-refractivity contribution in [1.29, 1.82) is 0 Å². The van der Waals surface area contributed by atoms with Crippen LogP contribution in [0.2, 0.25) is 0 Å². The first-order valence-electron chi connectivity index (χ1n) is 9.25. The van der Waals surface area contributed by atoms with E-state index in [4.69, 9.17) is 4.74 Å². The van der Waals surface area contributed by atoms with E-state index in [9.17, 15) is 9.90 Å². The number of fused-ring (bicyclic) bond motifs is 1. The minimum absolute atomic E-state index is 0.00940. The van der Waals surface area contributed by atoms with Gasteiger partial charge >= 0.3 is 0 Å². The SMILES string of the molecule is COCC(=O)N1CCC2(O)CCN(Cc3ccc(N(C)C)nc3)CC2C1. The highest BCUT2D eigenvalue weighted by molar-refractivity contribution is 5.77. The molecule has 7 heteroatoms. The molecule has 3 heterocycles. The number of rotatable bonds is 5. The van der Waals surface area contributed by atoms with E-state index in [1.165, 1.54) is 12.7 Å². The number of piperidine rings is 2. The number of ether oxygens (including phenoxy) is 1. The topological polar surface area (TPSA) is 69.1 Å². The molecule has 0 radical (unpaired) electrons. The third-order valence-electron chi connectivity index (χ3n) is 5.65. The first-order chi connectivity index (χ1) is 12.4. The largest absolute Gasteiger partial charge is 0.389 e. The molecule has 1 amide bonds. The van der Waals surface area contributed by atoms with Gasteiger partial charge in [0.2, 0.25) is 5.91 Å². The molecule has 2 fully saturated rings. The molecule has 1 aromatic rings. The van der Waals surface area contributed by atoms with Gasteiger partial charge in [-0.1, -0.05) is 6.07 Å². The average molecular weight is 362 g/mol. The number of methoxy groups -OCH3 is 1. The number of carbonyl (C=O) groups excluding carboxylic acids is 1. The number of likely N-dealkylation sites (tertiary alicyclic amines) is 2. The second kappa shape index (κ2) is 7.90. The number of aliphatic hydroxyl groups is 1. The fourth-order valence-electron chi connectivity index (χ4n) is 3.99. The van der Waals surface area contributed by atoms with Crippen LogP contribution in [-0.4, -0.2) is 85.4 Å². The first-order valence-corrected chi connectivity index (χ1v) is 9.25. The monoisotopic (exact) mass is 362 g/mol. The maximum Gasteiger partial charge on any atom is 0.248 e. The van der Waals surface area contributed by atoms with Gasteiger partial charge in [-0.15, -0.1) is 0 Å². The number of hydrogen-bond donors (Lipinski definition) is 1. The fourth-order valence-corrected chi connectivity index (χ4v) is 3.99. The normalized spacial score (nSPS) is 26.5. The lowest BCUT2D eigenvalue weighted by molar-refractivity contribution is -0.150. The molecular formula is C19H30N4O3. The Kier molecular flexibility index (Phi) is 5.79. The van der Waals surface area contributed by atoms with Crippen LogP contribution in [0.5, 0.6) is 0 Å². The second-order valence-corrected chi connectivity index (χ2v) is 7.73. The zero-order chi connectivity index (χ0) is 18.7. The first kappa shape index (κ1) is 19.1. The molecule has 3 rings (SSSR count). The van der Waals surface area contributed by atoms with Gasteiger partial charge in [0.25, 0.3) is 0 Å². The highest BCUT2D eigenvalue weighted by atomic mass is 16.5. The van der Waals surface area contributed by atoms with Crippen molar-refractivity contribution in [2.75, 3.05) is 58.9 Å². The van der Waals surface area contributed by atoms with Gasteiger partial charge in [-0.25, -0.2) is 4.98 Å². The molecule has 2 saturated heterocycles. The van der Waals surface area contributed by atoms with E-state index in [1.54, 1.807) is 0 Å². The predicted octanol–water partition coefficient (Wildman–Crippen LogP) is 0.579. The molecule has 2 unspecified atom stereocenters. The van der Waals surface area contributed by atoms with Crippen molar-refractivity contribution in [1.82, 2.24) is 14.8 Å². The standard InChI is InChI=1S/C19H30N4O3/c1-21(2)17-5-4-15(10-20-17)11-22-8-6-19(25)7-9-23(13-16(19)12-22)18(24)14-26-3/h4-5,10,16,25H,6-9,11-14H2,1-3H3. The fraction of sp³-hybridized carbons (Fsp3) is 0.684. The van der Waals surface area contributed by atoms with Gasteiger partial charge in [0.1, 0.15) is 12.4 Å². The Balaban J connectivity index is 1.61. The summed E-state index contributed by atoms with van der Waals surface area (Å²) in [6, 6.07) is 4.14. The molecule has 0 aromatic carbocycles.